The Balaban J connectivity index is 1.59. The number of aromatic nitrogens is 7. The Labute approximate surface area is 150 Å². The molecule has 0 aliphatic rings. The number of nitrogens with one attached hydrogen (secondary N) is 1. The number of hydrogen-bond acceptors (Lipinski definition) is 7. The van der Waals surface area contributed by atoms with Gasteiger partial charge in [-0.25, -0.2) is 10.1 Å². The summed E-state index contributed by atoms with van der Waals surface area (Å²) in [4.78, 5) is 5.68. The second-order valence-corrected chi connectivity index (χ2v) is 6.26. The van der Waals surface area contributed by atoms with Crippen molar-refractivity contribution in [3.63, 3.8) is 0 Å². The number of H-pyrrole nitrogens is 1. The Kier molecular flexibility index (Phi) is 3.80. The summed E-state index contributed by atoms with van der Waals surface area (Å²) in [5.74, 6) is 0.817. The van der Waals surface area contributed by atoms with Crippen molar-refractivity contribution in [3.8, 4) is 11.4 Å². The van der Waals surface area contributed by atoms with E-state index in [0.29, 0.717) is 22.7 Å². The third kappa shape index (κ3) is 3.03. The molecule has 0 spiro atoms. The van der Waals surface area contributed by atoms with Crippen LogP contribution in [0.1, 0.15) is 11.4 Å². The number of halogens is 1. The first kappa shape index (κ1) is 15.5. The number of anilines is 1. The van der Waals surface area contributed by atoms with Crippen LogP contribution in [0.25, 0.3) is 16.9 Å². The molecule has 0 aliphatic carbocycles. The van der Waals surface area contributed by atoms with Crippen molar-refractivity contribution in [3.05, 3.63) is 46.2 Å². The molecule has 0 amide bonds. The molecule has 0 atom stereocenters. The van der Waals surface area contributed by atoms with Gasteiger partial charge in [-0.05, 0) is 31.2 Å². The van der Waals surface area contributed by atoms with Crippen molar-refractivity contribution < 1.29 is 4.74 Å². The van der Waals surface area contributed by atoms with E-state index < -0.39 is 0 Å². The van der Waals surface area contributed by atoms with Gasteiger partial charge < -0.3 is 10.5 Å². The third-order valence-electron chi connectivity index (χ3n) is 3.58. The summed E-state index contributed by atoms with van der Waals surface area (Å²) in [5, 5.41) is 19.3. The molecule has 4 aromatic rings. The fourth-order valence-corrected chi connectivity index (χ4v) is 2.58. The van der Waals surface area contributed by atoms with Crippen LogP contribution in [0.15, 0.2) is 34.8 Å². The highest BCUT2D eigenvalue weighted by Crippen LogP contribution is 2.24. The van der Waals surface area contributed by atoms with Crippen molar-refractivity contribution >= 4 is 32.9 Å². The molecule has 3 N–H and O–H groups in total. The maximum atomic E-state index is 5.83. The van der Waals surface area contributed by atoms with E-state index in [-0.39, 0.29) is 6.61 Å². The van der Waals surface area contributed by atoms with Gasteiger partial charge in [-0.3, -0.25) is 0 Å². The number of benzene rings is 1. The molecule has 1 aromatic carbocycles. The molecule has 0 radical (unpaired) electrons. The monoisotopic (exact) mass is 400 g/mol. The van der Waals surface area contributed by atoms with Gasteiger partial charge >= 0.3 is 0 Å². The normalized spacial score (nSPS) is 11.1. The fourth-order valence-electron chi connectivity index (χ4n) is 2.32. The number of fused-ring (bicyclic) bond motifs is 1. The predicted molar refractivity (Wildman–Crippen MR) is 94.2 cm³/mol. The quantitative estimate of drug-likeness (QED) is 0.538. The zero-order valence-corrected chi connectivity index (χ0v) is 14.7. The summed E-state index contributed by atoms with van der Waals surface area (Å²) < 4.78 is 6.82. The van der Waals surface area contributed by atoms with Crippen LogP contribution in [0.5, 0.6) is 5.75 Å². The predicted octanol–water partition coefficient (Wildman–Crippen LogP) is 2.17. The van der Waals surface area contributed by atoms with Gasteiger partial charge in [-0.1, -0.05) is 21.1 Å². The van der Waals surface area contributed by atoms with Crippen molar-refractivity contribution in [1.29, 1.82) is 0 Å². The Bertz CT molecular complexity index is 1040. The van der Waals surface area contributed by atoms with Gasteiger partial charge in [0.1, 0.15) is 18.1 Å². The molecule has 0 fully saturated rings. The maximum absolute atomic E-state index is 5.83. The van der Waals surface area contributed by atoms with Crippen LogP contribution in [0.2, 0.25) is 0 Å². The largest absolute Gasteiger partial charge is 0.485 e. The number of nitrogen functional groups attached to an aromatic ring is 1. The first-order valence-electron chi connectivity index (χ1n) is 7.39. The highest BCUT2D eigenvalue weighted by molar-refractivity contribution is 9.10. The Hall–Kier alpha value is -3.01. The summed E-state index contributed by atoms with van der Waals surface area (Å²) in [6.07, 6.45) is 0. The lowest BCUT2D eigenvalue weighted by Gasteiger charge is -2.05. The first-order chi connectivity index (χ1) is 12.1. The lowest BCUT2D eigenvalue weighted by molar-refractivity contribution is 0.303. The second kappa shape index (κ2) is 6.13. The van der Waals surface area contributed by atoms with Crippen LogP contribution in [-0.4, -0.2) is 35.4 Å². The van der Waals surface area contributed by atoms with E-state index in [4.69, 9.17) is 10.5 Å². The number of ether oxygens (including phenoxy) is 1. The lowest BCUT2D eigenvalue weighted by Crippen LogP contribution is -2.02. The number of aryl methyl sites for hydroxylation is 1. The minimum absolute atomic E-state index is 0.230. The SMILES string of the molecule is Cc1nn(-c2ccc(Br)cc2)nc1COc1cc(N)nc2[nH]nnc12. The molecular weight excluding hydrogens is 388 g/mol. The van der Waals surface area contributed by atoms with Crippen LogP contribution in [0.4, 0.5) is 5.82 Å². The summed E-state index contributed by atoms with van der Waals surface area (Å²) >= 11 is 3.41. The van der Waals surface area contributed by atoms with Crippen LogP contribution in [0.3, 0.4) is 0 Å². The number of nitrogens with two attached hydrogens (primary N) is 1. The van der Waals surface area contributed by atoms with Crippen molar-refractivity contribution in [2.24, 2.45) is 0 Å². The topological polar surface area (TPSA) is 120 Å². The van der Waals surface area contributed by atoms with Gasteiger partial charge in [0.15, 0.2) is 16.9 Å². The van der Waals surface area contributed by atoms with Crippen molar-refractivity contribution in [2.45, 2.75) is 13.5 Å². The smallest absolute Gasteiger partial charge is 0.181 e. The Morgan fingerprint density at radius 1 is 1.24 bits per heavy atom. The molecule has 0 saturated carbocycles. The standard InChI is InChI=1S/C15H13BrN8O/c1-8-11(22-24(21-8)10-4-2-9(16)3-5-10)7-25-12-6-13(17)18-15-14(12)19-23-20-15/h2-6H,7H2,1H3,(H3,17,18,19,20,23). The molecule has 25 heavy (non-hydrogen) atoms. The molecule has 0 saturated heterocycles. The number of aromatic amines is 1. The lowest BCUT2D eigenvalue weighted by atomic mass is 10.3. The van der Waals surface area contributed by atoms with Gasteiger partial charge in [0, 0.05) is 10.5 Å². The van der Waals surface area contributed by atoms with Gasteiger partial charge in [0.05, 0.1) is 11.4 Å². The summed E-state index contributed by atoms with van der Waals surface area (Å²) in [6.45, 7) is 2.11. The number of rotatable bonds is 4. The minimum Gasteiger partial charge on any atom is -0.485 e. The second-order valence-electron chi connectivity index (χ2n) is 5.34. The molecule has 0 bridgehead atoms. The van der Waals surface area contributed by atoms with Crippen LogP contribution < -0.4 is 10.5 Å². The molecular formula is C15H13BrN8O. The highest BCUT2D eigenvalue weighted by atomic mass is 79.9. The summed E-state index contributed by atoms with van der Waals surface area (Å²) in [7, 11) is 0. The van der Waals surface area contributed by atoms with E-state index in [2.05, 4.69) is 46.5 Å². The maximum Gasteiger partial charge on any atom is 0.181 e. The average molecular weight is 401 g/mol. The Morgan fingerprint density at radius 2 is 2.04 bits per heavy atom. The zero-order valence-electron chi connectivity index (χ0n) is 13.1. The molecule has 3 heterocycles. The van der Waals surface area contributed by atoms with E-state index in [0.717, 1.165) is 21.5 Å². The van der Waals surface area contributed by atoms with Crippen molar-refractivity contribution in [2.75, 3.05) is 5.73 Å². The van der Waals surface area contributed by atoms with Gasteiger partial charge in [0.2, 0.25) is 0 Å². The summed E-state index contributed by atoms with van der Waals surface area (Å²) in [5.41, 5.74) is 9.13. The number of pyridine rings is 1. The number of nitrogens with zero attached hydrogens (tertiary/aromatic N) is 6. The van der Waals surface area contributed by atoms with Gasteiger partial charge in [0.25, 0.3) is 0 Å². The van der Waals surface area contributed by atoms with Gasteiger partial charge in [-0.15, -0.1) is 10.2 Å². The van der Waals surface area contributed by atoms with Crippen LogP contribution >= 0.6 is 15.9 Å². The molecule has 126 valence electrons. The van der Waals surface area contributed by atoms with E-state index in [9.17, 15) is 0 Å². The highest BCUT2D eigenvalue weighted by Gasteiger charge is 2.13. The van der Waals surface area contributed by atoms with E-state index in [1.165, 1.54) is 0 Å². The zero-order chi connectivity index (χ0) is 17.4. The molecule has 9 nitrogen and oxygen atoms in total. The molecule has 4 rings (SSSR count). The van der Waals surface area contributed by atoms with Crippen molar-refractivity contribution in [1.82, 2.24) is 35.4 Å². The summed E-state index contributed by atoms with van der Waals surface area (Å²) in [6, 6.07) is 9.34. The molecule has 0 unspecified atom stereocenters. The number of hydrogen-bond donors (Lipinski definition) is 2. The third-order valence-corrected chi connectivity index (χ3v) is 4.11. The first-order valence-corrected chi connectivity index (χ1v) is 8.18. The van der Waals surface area contributed by atoms with Gasteiger partial charge in [-0.2, -0.15) is 9.90 Å². The molecule has 0 aliphatic heterocycles. The van der Waals surface area contributed by atoms with E-state index in [1.54, 1.807) is 10.9 Å². The molecule has 10 heteroatoms. The van der Waals surface area contributed by atoms with E-state index >= 15 is 0 Å². The van der Waals surface area contributed by atoms with Crippen LogP contribution in [-0.2, 0) is 6.61 Å². The average Bonchev–Trinajstić information content (AvgIpc) is 3.20. The van der Waals surface area contributed by atoms with E-state index in [1.807, 2.05) is 31.2 Å². The fraction of sp³-hybridized carbons (Fsp3) is 0.133. The van der Waals surface area contributed by atoms with Crippen LogP contribution in [0, 0.1) is 6.92 Å². The molecule has 3 aromatic heterocycles. The minimum atomic E-state index is 0.230. The Morgan fingerprint density at radius 3 is 2.84 bits per heavy atom.